The normalized spacial score (nSPS) is 14.1. The van der Waals surface area contributed by atoms with Crippen LogP contribution in [0.2, 0.25) is 0 Å². The molecular formula is C15H12F3N3O. The molecule has 0 aliphatic carbocycles. The molecular weight excluding hydrogens is 295 g/mol. The summed E-state index contributed by atoms with van der Waals surface area (Å²) in [6, 6.07) is 2.74. The van der Waals surface area contributed by atoms with E-state index in [1.165, 1.54) is 0 Å². The predicted octanol–water partition coefficient (Wildman–Crippen LogP) is 3.67. The van der Waals surface area contributed by atoms with Crippen LogP contribution >= 0.6 is 0 Å². The Bertz CT molecular complexity index is 741. The van der Waals surface area contributed by atoms with Crippen LogP contribution in [0.3, 0.4) is 0 Å². The maximum atomic E-state index is 12.8. The van der Waals surface area contributed by atoms with E-state index in [2.05, 4.69) is 15.0 Å². The van der Waals surface area contributed by atoms with Gasteiger partial charge in [-0.2, -0.15) is 13.2 Å². The van der Waals surface area contributed by atoms with Crippen molar-refractivity contribution in [2.45, 2.75) is 26.1 Å². The van der Waals surface area contributed by atoms with Gasteiger partial charge in [-0.15, -0.1) is 0 Å². The summed E-state index contributed by atoms with van der Waals surface area (Å²) in [4.78, 5) is 12.0. The number of ether oxygens (including phenoxy) is 1. The minimum atomic E-state index is -4.44. The van der Waals surface area contributed by atoms with Gasteiger partial charge in [0.25, 0.3) is 0 Å². The van der Waals surface area contributed by atoms with Crippen LogP contribution in [0.1, 0.15) is 29.3 Å². The Kier molecular flexibility index (Phi) is 3.56. The lowest BCUT2D eigenvalue weighted by atomic mass is 10.1. The second-order valence-electron chi connectivity index (χ2n) is 4.78. The van der Waals surface area contributed by atoms with Crippen molar-refractivity contribution >= 4 is 11.6 Å². The molecule has 4 nitrogen and oxygen atoms in total. The number of aryl methyl sites for hydroxylation is 1. The van der Waals surface area contributed by atoms with E-state index < -0.39 is 11.7 Å². The summed E-state index contributed by atoms with van der Waals surface area (Å²) in [5.74, 6) is 0.299. The van der Waals surface area contributed by atoms with Crippen LogP contribution in [0.5, 0.6) is 0 Å². The molecule has 0 bridgehead atoms. The van der Waals surface area contributed by atoms with E-state index in [-0.39, 0.29) is 12.3 Å². The first kappa shape index (κ1) is 14.5. The number of pyridine rings is 2. The second kappa shape index (κ2) is 5.40. The highest BCUT2D eigenvalue weighted by Gasteiger charge is 2.32. The minimum absolute atomic E-state index is 0.0950. The van der Waals surface area contributed by atoms with Gasteiger partial charge in [0, 0.05) is 24.2 Å². The number of hydrogen-bond donors (Lipinski definition) is 0. The second-order valence-corrected chi connectivity index (χ2v) is 4.78. The van der Waals surface area contributed by atoms with Crippen molar-refractivity contribution in [1.82, 2.24) is 9.97 Å². The van der Waals surface area contributed by atoms with Crippen LogP contribution in [0.4, 0.5) is 18.9 Å². The number of hydrogen-bond acceptors (Lipinski definition) is 4. The molecule has 7 heteroatoms. The number of aromatic nitrogens is 2. The maximum absolute atomic E-state index is 12.8. The van der Waals surface area contributed by atoms with Crippen molar-refractivity contribution in [3.8, 4) is 0 Å². The fourth-order valence-corrected chi connectivity index (χ4v) is 2.18. The van der Waals surface area contributed by atoms with Crippen LogP contribution in [0.25, 0.3) is 0 Å². The van der Waals surface area contributed by atoms with E-state index >= 15 is 0 Å². The van der Waals surface area contributed by atoms with Crippen molar-refractivity contribution in [1.29, 1.82) is 0 Å². The molecule has 0 amide bonds. The molecule has 3 heterocycles. The van der Waals surface area contributed by atoms with Crippen molar-refractivity contribution in [3.63, 3.8) is 0 Å². The summed E-state index contributed by atoms with van der Waals surface area (Å²) in [6.07, 6.45) is 0.370. The Morgan fingerprint density at radius 1 is 1.27 bits per heavy atom. The molecule has 0 atom stereocenters. The number of alkyl halides is 3. The Morgan fingerprint density at radius 2 is 2.09 bits per heavy atom. The van der Waals surface area contributed by atoms with Gasteiger partial charge in [-0.1, -0.05) is 6.92 Å². The molecule has 114 valence electrons. The van der Waals surface area contributed by atoms with Gasteiger partial charge in [-0.3, -0.25) is 9.97 Å². The lowest BCUT2D eigenvalue weighted by Crippen LogP contribution is -2.15. The smallest absolute Gasteiger partial charge is 0.417 e. The molecule has 1 aliphatic heterocycles. The number of aliphatic imine (C=N–C) groups is 1. The lowest BCUT2D eigenvalue weighted by Gasteiger charge is -2.18. The topological polar surface area (TPSA) is 47.4 Å². The summed E-state index contributed by atoms with van der Waals surface area (Å²) >= 11 is 0. The zero-order valence-corrected chi connectivity index (χ0v) is 11.7. The van der Waals surface area contributed by atoms with Crippen molar-refractivity contribution < 1.29 is 17.9 Å². The van der Waals surface area contributed by atoms with E-state index in [1.54, 1.807) is 18.5 Å². The number of fused-ring (bicyclic) bond motifs is 1. The molecule has 0 saturated carbocycles. The lowest BCUT2D eigenvalue weighted by molar-refractivity contribution is -0.137. The third-order valence-electron chi connectivity index (χ3n) is 3.36. The Balaban J connectivity index is 2.06. The summed E-state index contributed by atoms with van der Waals surface area (Å²) in [5, 5.41) is 0. The Labute approximate surface area is 124 Å². The molecule has 3 rings (SSSR count). The first-order valence-corrected chi connectivity index (χ1v) is 6.70. The number of nitrogens with zero attached hydrogens (tertiary/aromatic N) is 3. The number of halogens is 3. The monoisotopic (exact) mass is 307 g/mol. The Hall–Kier alpha value is -2.44. The molecule has 0 unspecified atom stereocenters. The predicted molar refractivity (Wildman–Crippen MR) is 73.8 cm³/mol. The highest BCUT2D eigenvalue weighted by Crippen LogP contribution is 2.34. The van der Waals surface area contributed by atoms with Crippen LogP contribution in [0.15, 0.2) is 35.7 Å². The van der Waals surface area contributed by atoms with Gasteiger partial charge in [0.15, 0.2) is 0 Å². The SMILES string of the molecule is CCc1cnccc1C1=Nc2cc(C(F)(F)F)cnc2CO1. The van der Waals surface area contributed by atoms with E-state index in [4.69, 9.17) is 4.74 Å². The first-order valence-electron chi connectivity index (χ1n) is 6.70. The standard InChI is InChI=1S/C15H12F3N3O/c1-2-9-6-19-4-3-11(9)14-21-12-5-10(15(16,17)18)7-20-13(12)8-22-14/h3-7H,2,8H2,1H3. The van der Waals surface area contributed by atoms with Gasteiger partial charge in [0.05, 0.1) is 11.3 Å². The molecule has 0 saturated heterocycles. The van der Waals surface area contributed by atoms with E-state index in [0.717, 1.165) is 29.8 Å². The van der Waals surface area contributed by atoms with Gasteiger partial charge >= 0.3 is 6.18 Å². The molecule has 2 aromatic heterocycles. The van der Waals surface area contributed by atoms with Gasteiger partial charge in [0.2, 0.25) is 5.90 Å². The highest BCUT2D eigenvalue weighted by molar-refractivity contribution is 5.98. The van der Waals surface area contributed by atoms with Gasteiger partial charge in [-0.05, 0) is 24.1 Å². The molecule has 0 aromatic carbocycles. The minimum Gasteiger partial charge on any atom is -0.471 e. The summed E-state index contributed by atoms with van der Waals surface area (Å²) in [7, 11) is 0. The molecule has 0 spiro atoms. The van der Waals surface area contributed by atoms with Crippen molar-refractivity contribution in [2.24, 2.45) is 4.99 Å². The fourth-order valence-electron chi connectivity index (χ4n) is 2.18. The third-order valence-corrected chi connectivity index (χ3v) is 3.36. The molecule has 0 N–H and O–H groups in total. The molecule has 1 aliphatic rings. The maximum Gasteiger partial charge on any atom is 0.417 e. The van der Waals surface area contributed by atoms with E-state index in [1.807, 2.05) is 6.92 Å². The molecule has 2 aromatic rings. The first-order chi connectivity index (χ1) is 10.5. The van der Waals surface area contributed by atoms with Gasteiger partial charge in [0.1, 0.15) is 12.3 Å². The average Bonchev–Trinajstić information content (AvgIpc) is 2.53. The summed E-state index contributed by atoms with van der Waals surface area (Å²) < 4.78 is 43.8. The Morgan fingerprint density at radius 3 is 2.82 bits per heavy atom. The zero-order chi connectivity index (χ0) is 15.7. The zero-order valence-electron chi connectivity index (χ0n) is 11.7. The van der Waals surface area contributed by atoms with E-state index in [9.17, 15) is 13.2 Å². The molecule has 0 radical (unpaired) electrons. The summed E-state index contributed by atoms with van der Waals surface area (Å²) in [6.45, 7) is 2.05. The quantitative estimate of drug-likeness (QED) is 0.850. The van der Waals surface area contributed by atoms with Crippen LogP contribution in [-0.2, 0) is 23.9 Å². The highest BCUT2D eigenvalue weighted by atomic mass is 19.4. The summed E-state index contributed by atoms with van der Waals surface area (Å²) in [5.41, 5.74) is 1.42. The van der Waals surface area contributed by atoms with Crippen LogP contribution < -0.4 is 0 Å². The third kappa shape index (κ3) is 2.66. The van der Waals surface area contributed by atoms with Crippen LogP contribution in [-0.4, -0.2) is 15.9 Å². The van der Waals surface area contributed by atoms with Gasteiger partial charge < -0.3 is 4.74 Å². The molecule has 22 heavy (non-hydrogen) atoms. The van der Waals surface area contributed by atoms with Gasteiger partial charge in [-0.25, -0.2) is 4.99 Å². The van der Waals surface area contributed by atoms with Crippen molar-refractivity contribution in [2.75, 3.05) is 0 Å². The van der Waals surface area contributed by atoms with Crippen LogP contribution in [0, 0.1) is 0 Å². The average molecular weight is 307 g/mol. The van der Waals surface area contributed by atoms with Crippen molar-refractivity contribution in [3.05, 3.63) is 53.1 Å². The molecule has 0 fully saturated rings. The number of rotatable bonds is 2. The van der Waals surface area contributed by atoms with E-state index in [0.29, 0.717) is 11.6 Å². The largest absolute Gasteiger partial charge is 0.471 e. The fraction of sp³-hybridized carbons (Fsp3) is 0.267.